The maximum Gasteiger partial charge on any atom is 0.348 e. The van der Waals surface area contributed by atoms with Crippen LogP contribution in [0.4, 0.5) is 0 Å². The second-order valence-corrected chi connectivity index (χ2v) is 9.01. The molecule has 190 valence electrons. The Morgan fingerprint density at radius 2 is 1.65 bits per heavy atom. The van der Waals surface area contributed by atoms with Crippen LogP contribution >= 0.6 is 11.3 Å². The van der Waals surface area contributed by atoms with Crippen molar-refractivity contribution >= 4 is 40.9 Å². The average molecular weight is 520 g/mol. The molecule has 3 aromatic rings. The van der Waals surface area contributed by atoms with Crippen LogP contribution in [-0.4, -0.2) is 36.7 Å². The van der Waals surface area contributed by atoms with Gasteiger partial charge in [-0.1, -0.05) is 24.3 Å². The van der Waals surface area contributed by atoms with E-state index in [2.05, 4.69) is 0 Å². The molecule has 9 heteroatoms. The van der Waals surface area contributed by atoms with Gasteiger partial charge < -0.3 is 13.9 Å². The fourth-order valence-electron chi connectivity index (χ4n) is 3.57. The quantitative estimate of drug-likeness (QED) is 0.147. The number of esters is 2. The molecule has 0 amide bonds. The van der Waals surface area contributed by atoms with Crippen LogP contribution in [0.2, 0.25) is 0 Å². The molecule has 0 N–H and O–H groups in total. The highest BCUT2D eigenvalue weighted by Gasteiger charge is 2.28. The minimum Gasteiger partial charge on any atom is -0.462 e. The van der Waals surface area contributed by atoms with E-state index in [1.807, 2.05) is 6.07 Å². The van der Waals surface area contributed by atoms with Gasteiger partial charge in [-0.25, -0.2) is 9.59 Å². The summed E-state index contributed by atoms with van der Waals surface area (Å²) in [6, 6.07) is 12.1. The number of furan rings is 1. The van der Waals surface area contributed by atoms with Crippen molar-refractivity contribution in [2.45, 2.75) is 34.1 Å². The normalized spacial score (nSPS) is 11.1. The number of nitriles is 1. The second-order valence-electron chi connectivity index (χ2n) is 7.90. The zero-order chi connectivity index (χ0) is 27.1. The number of hydrogen-bond donors (Lipinski definition) is 0. The maximum atomic E-state index is 13.0. The highest BCUT2D eigenvalue weighted by molar-refractivity contribution is 7.14. The molecule has 0 bridgehead atoms. The first-order valence-electron chi connectivity index (χ1n) is 11.5. The van der Waals surface area contributed by atoms with Crippen molar-refractivity contribution in [2.24, 2.45) is 0 Å². The van der Waals surface area contributed by atoms with Crippen LogP contribution < -0.4 is 0 Å². The van der Waals surface area contributed by atoms with E-state index in [0.717, 1.165) is 16.9 Å². The Morgan fingerprint density at radius 1 is 1.00 bits per heavy atom. The van der Waals surface area contributed by atoms with E-state index in [1.165, 1.54) is 13.0 Å². The highest BCUT2D eigenvalue weighted by Crippen LogP contribution is 2.31. The molecule has 0 aliphatic rings. The van der Waals surface area contributed by atoms with Gasteiger partial charge in [0.2, 0.25) is 0 Å². The third kappa shape index (κ3) is 6.29. The number of Topliss-reactive ketones (excluding diaryl/α,β-unsaturated/α-hetero) is 2. The molecule has 0 saturated heterocycles. The third-order valence-corrected chi connectivity index (χ3v) is 6.66. The number of hydrogen-bond acceptors (Lipinski definition) is 9. The van der Waals surface area contributed by atoms with E-state index in [4.69, 9.17) is 13.9 Å². The molecule has 3 rings (SSSR count). The lowest BCUT2D eigenvalue weighted by Gasteiger charge is -2.05. The molecule has 2 heterocycles. The van der Waals surface area contributed by atoms with Gasteiger partial charge in [-0.2, -0.15) is 5.26 Å². The van der Waals surface area contributed by atoms with E-state index < -0.39 is 17.7 Å². The standard InChI is InChI=1S/C28H25NO7S/c1-5-34-27(32)25-16(3)26(28(33)35-6-2)37-24(25)14-22(31)20(15-29)13-21-11-12-23(36-21)19-9-7-18(8-10-19)17(4)30/h7-13H,5-6,14H2,1-4H3. The number of carbonyl (C=O) groups excluding carboxylic acids is 4. The lowest BCUT2D eigenvalue weighted by molar-refractivity contribution is -0.114. The molecule has 0 radical (unpaired) electrons. The monoisotopic (exact) mass is 519 g/mol. The van der Waals surface area contributed by atoms with E-state index in [9.17, 15) is 24.4 Å². The topological polar surface area (TPSA) is 124 Å². The van der Waals surface area contributed by atoms with Crippen LogP contribution in [0.15, 0.2) is 46.4 Å². The second kappa shape index (κ2) is 12.1. The smallest absolute Gasteiger partial charge is 0.348 e. The number of ketones is 2. The zero-order valence-corrected chi connectivity index (χ0v) is 21.7. The molecule has 0 fully saturated rings. The molecule has 0 spiro atoms. The van der Waals surface area contributed by atoms with Crippen molar-refractivity contribution in [3.63, 3.8) is 0 Å². The van der Waals surface area contributed by atoms with Crippen molar-refractivity contribution in [2.75, 3.05) is 13.2 Å². The molecule has 0 unspecified atom stereocenters. The van der Waals surface area contributed by atoms with E-state index in [-0.39, 0.29) is 47.2 Å². The van der Waals surface area contributed by atoms with Gasteiger partial charge in [-0.3, -0.25) is 9.59 Å². The van der Waals surface area contributed by atoms with Gasteiger partial charge in [-0.05, 0) is 45.4 Å². The van der Waals surface area contributed by atoms with Crippen LogP contribution in [-0.2, 0) is 20.7 Å². The summed E-state index contributed by atoms with van der Waals surface area (Å²) in [6.07, 6.45) is 1.05. The van der Waals surface area contributed by atoms with Crippen LogP contribution in [0.3, 0.4) is 0 Å². The number of ether oxygens (including phenoxy) is 2. The van der Waals surface area contributed by atoms with Gasteiger partial charge in [0, 0.05) is 28.5 Å². The fraction of sp³-hybridized carbons (Fsp3) is 0.250. The first kappa shape index (κ1) is 27.3. The molecular formula is C28H25NO7S. The van der Waals surface area contributed by atoms with Gasteiger partial charge in [-0.15, -0.1) is 11.3 Å². The lowest BCUT2D eigenvalue weighted by atomic mass is 10.0. The molecule has 37 heavy (non-hydrogen) atoms. The van der Waals surface area contributed by atoms with Crippen LogP contribution in [0.5, 0.6) is 0 Å². The van der Waals surface area contributed by atoms with Crippen molar-refractivity contribution in [1.82, 2.24) is 0 Å². The molecule has 0 aliphatic heterocycles. The summed E-state index contributed by atoms with van der Waals surface area (Å²) in [4.78, 5) is 50.0. The molecule has 1 aromatic carbocycles. The minimum atomic E-state index is -0.649. The van der Waals surface area contributed by atoms with Gasteiger partial charge in [0.15, 0.2) is 11.6 Å². The molecule has 0 atom stereocenters. The largest absolute Gasteiger partial charge is 0.462 e. The van der Waals surface area contributed by atoms with Crippen molar-refractivity contribution in [1.29, 1.82) is 5.26 Å². The first-order valence-corrected chi connectivity index (χ1v) is 12.3. The predicted octanol–water partition coefficient (Wildman–Crippen LogP) is 5.59. The maximum absolute atomic E-state index is 13.0. The van der Waals surface area contributed by atoms with Crippen LogP contribution in [0.1, 0.15) is 67.4 Å². The summed E-state index contributed by atoms with van der Waals surface area (Å²) in [7, 11) is 0. The Kier molecular flexibility index (Phi) is 8.93. The zero-order valence-electron chi connectivity index (χ0n) is 20.9. The highest BCUT2D eigenvalue weighted by atomic mass is 32.1. The van der Waals surface area contributed by atoms with E-state index in [1.54, 1.807) is 57.2 Å². The molecular weight excluding hydrogens is 494 g/mol. The van der Waals surface area contributed by atoms with Gasteiger partial charge >= 0.3 is 11.9 Å². The van der Waals surface area contributed by atoms with E-state index >= 15 is 0 Å². The number of thiophene rings is 1. The first-order chi connectivity index (χ1) is 17.7. The van der Waals surface area contributed by atoms with Crippen LogP contribution in [0.25, 0.3) is 17.4 Å². The Balaban J connectivity index is 1.88. The van der Waals surface area contributed by atoms with Crippen molar-refractivity contribution < 1.29 is 33.1 Å². The number of carbonyl (C=O) groups is 4. The van der Waals surface area contributed by atoms with Gasteiger partial charge in [0.05, 0.1) is 24.4 Å². The number of rotatable bonds is 10. The minimum absolute atomic E-state index is 0.0479. The lowest BCUT2D eigenvalue weighted by Crippen LogP contribution is -2.12. The fourth-order valence-corrected chi connectivity index (χ4v) is 4.76. The summed E-state index contributed by atoms with van der Waals surface area (Å²) >= 11 is 0.975. The van der Waals surface area contributed by atoms with E-state index in [0.29, 0.717) is 21.8 Å². The average Bonchev–Trinajstić information content (AvgIpc) is 3.47. The van der Waals surface area contributed by atoms with Crippen molar-refractivity contribution in [3.05, 3.63) is 74.2 Å². The van der Waals surface area contributed by atoms with Crippen LogP contribution in [0, 0.1) is 18.3 Å². The third-order valence-electron chi connectivity index (χ3n) is 5.39. The molecule has 2 aromatic heterocycles. The number of nitrogens with zero attached hydrogens (tertiary/aromatic N) is 1. The van der Waals surface area contributed by atoms with Gasteiger partial charge in [0.1, 0.15) is 22.5 Å². The summed E-state index contributed by atoms with van der Waals surface area (Å²) in [6.45, 7) is 6.68. The van der Waals surface area contributed by atoms with Gasteiger partial charge in [0.25, 0.3) is 0 Å². The summed E-state index contributed by atoms with van der Waals surface area (Å²) in [5.41, 5.74) is 1.64. The Hall–Kier alpha value is -4.29. The Bertz CT molecular complexity index is 1420. The summed E-state index contributed by atoms with van der Waals surface area (Å²) in [5.74, 6) is -1.05. The summed E-state index contributed by atoms with van der Waals surface area (Å²) < 4.78 is 16.0. The number of benzene rings is 1. The molecule has 8 nitrogen and oxygen atoms in total. The Morgan fingerprint density at radius 3 is 2.24 bits per heavy atom. The van der Waals surface area contributed by atoms with Crippen molar-refractivity contribution in [3.8, 4) is 17.4 Å². The number of allylic oxidation sites excluding steroid dienone is 1. The Labute approximate surface area is 218 Å². The molecule has 0 saturated carbocycles. The predicted molar refractivity (Wildman–Crippen MR) is 137 cm³/mol. The SMILES string of the molecule is CCOC(=O)c1sc(CC(=O)C(C#N)=Cc2ccc(-c3ccc(C(C)=O)cc3)o2)c(C(=O)OCC)c1C. The summed E-state index contributed by atoms with van der Waals surface area (Å²) in [5, 5.41) is 9.65. The molecule has 0 aliphatic carbocycles.